The molecule has 1 heterocycles. The van der Waals surface area contributed by atoms with E-state index in [0.29, 0.717) is 37.9 Å². The zero-order valence-electron chi connectivity index (χ0n) is 20.7. The number of alkyl halides is 3. The minimum absolute atomic E-state index is 0.119. The smallest absolute Gasteiger partial charge is 0.417 e. The van der Waals surface area contributed by atoms with Crippen molar-refractivity contribution in [1.29, 1.82) is 0 Å². The number of hydrogen-bond acceptors (Lipinski definition) is 6. The summed E-state index contributed by atoms with van der Waals surface area (Å²) in [4.78, 5) is 15.1. The van der Waals surface area contributed by atoms with E-state index in [4.69, 9.17) is 4.74 Å². The van der Waals surface area contributed by atoms with Gasteiger partial charge in [0.25, 0.3) is 0 Å². The number of rotatable bonds is 7. The molecular weight excluding hydrogens is 497 g/mol. The Morgan fingerprint density at radius 1 is 1.08 bits per heavy atom. The van der Waals surface area contributed by atoms with Crippen molar-refractivity contribution in [3.8, 4) is 0 Å². The molecule has 2 saturated carbocycles. The molecule has 1 aromatic rings. The number of carboxylic acid groups (broad SMARTS) is 1. The summed E-state index contributed by atoms with van der Waals surface area (Å²) in [5.41, 5.74) is -0.861. The van der Waals surface area contributed by atoms with Crippen LogP contribution in [0.5, 0.6) is 0 Å². The monoisotopic (exact) mass is 532 g/mol. The van der Waals surface area contributed by atoms with Crippen LogP contribution in [0.4, 0.5) is 18.9 Å². The zero-order chi connectivity index (χ0) is 26.3. The van der Waals surface area contributed by atoms with Gasteiger partial charge >= 0.3 is 12.1 Å². The van der Waals surface area contributed by atoms with Gasteiger partial charge in [-0.2, -0.15) is 13.2 Å². The fourth-order valence-corrected chi connectivity index (χ4v) is 7.75. The first-order valence-electron chi connectivity index (χ1n) is 12.7. The predicted octanol–water partition coefficient (Wildman–Crippen LogP) is 4.20. The van der Waals surface area contributed by atoms with Gasteiger partial charge in [-0.3, -0.25) is 9.69 Å². The van der Waals surface area contributed by atoms with Crippen molar-refractivity contribution in [2.75, 3.05) is 31.1 Å². The molecule has 3 aliphatic rings. The molecule has 3 fully saturated rings. The molecular formula is C25H35F3N2O5S. The fourth-order valence-electron chi connectivity index (χ4n) is 5.75. The Bertz CT molecular complexity index is 1050. The first-order valence-corrected chi connectivity index (χ1v) is 14.2. The molecule has 2 aliphatic carbocycles. The highest BCUT2D eigenvalue weighted by Gasteiger charge is 2.48. The normalized spacial score (nSPS) is 26.7. The maximum Gasteiger partial charge on any atom is 0.417 e. The number of piperazine rings is 1. The van der Waals surface area contributed by atoms with E-state index in [0.717, 1.165) is 37.8 Å². The third-order valence-electron chi connectivity index (χ3n) is 7.87. The lowest BCUT2D eigenvalue weighted by Gasteiger charge is -2.38. The number of hydrogen-bond donors (Lipinski definition) is 1. The standard InChI is InChI=1S/C25H35F3N2O5S/c1-16(2)29-9-11-30(12-10-29)17-7-8-23(21(13-17)25(26,27)28)36(33,34)19-14-20(24(31)32)22(15-19)35-18-5-3-4-6-18/h7-8,13,16,18-20,22H,3-6,9-12,14-15H2,1-2H3,(H,31,32)/t19-,20-,22-/m1/s1. The molecule has 0 bridgehead atoms. The minimum Gasteiger partial charge on any atom is -0.481 e. The number of halogens is 3. The molecule has 202 valence electrons. The lowest BCUT2D eigenvalue weighted by Crippen LogP contribution is -2.49. The van der Waals surface area contributed by atoms with Gasteiger partial charge in [-0.1, -0.05) is 12.8 Å². The van der Waals surface area contributed by atoms with E-state index in [1.807, 2.05) is 4.90 Å². The van der Waals surface area contributed by atoms with Gasteiger partial charge in [0.15, 0.2) is 9.84 Å². The zero-order valence-corrected chi connectivity index (χ0v) is 21.5. The molecule has 36 heavy (non-hydrogen) atoms. The minimum atomic E-state index is -4.87. The van der Waals surface area contributed by atoms with Crippen LogP contribution in [0.15, 0.2) is 23.1 Å². The molecule has 1 aromatic carbocycles. The van der Waals surface area contributed by atoms with Crippen molar-refractivity contribution >= 4 is 21.5 Å². The first-order chi connectivity index (χ1) is 16.9. The van der Waals surface area contributed by atoms with Gasteiger partial charge in [0, 0.05) is 37.9 Å². The quantitative estimate of drug-likeness (QED) is 0.563. The molecule has 0 radical (unpaired) electrons. The van der Waals surface area contributed by atoms with Crippen LogP contribution in [0.3, 0.4) is 0 Å². The molecule has 0 unspecified atom stereocenters. The van der Waals surface area contributed by atoms with Crippen LogP contribution in [-0.2, 0) is 25.5 Å². The molecule has 7 nitrogen and oxygen atoms in total. The average Bonchev–Trinajstić information content (AvgIpc) is 3.49. The molecule has 3 atom stereocenters. The molecule has 0 aromatic heterocycles. The van der Waals surface area contributed by atoms with Gasteiger partial charge in [0.1, 0.15) is 0 Å². The highest BCUT2D eigenvalue weighted by atomic mass is 32.2. The van der Waals surface area contributed by atoms with Gasteiger partial charge in [-0.25, -0.2) is 8.42 Å². The van der Waals surface area contributed by atoms with Crippen LogP contribution >= 0.6 is 0 Å². The van der Waals surface area contributed by atoms with Gasteiger partial charge in [0.05, 0.1) is 33.8 Å². The fraction of sp³-hybridized carbons (Fsp3) is 0.720. The summed E-state index contributed by atoms with van der Waals surface area (Å²) in [6.45, 7) is 6.65. The maximum absolute atomic E-state index is 14.1. The van der Waals surface area contributed by atoms with Crippen LogP contribution in [0, 0.1) is 5.92 Å². The van der Waals surface area contributed by atoms with Crippen molar-refractivity contribution in [2.24, 2.45) is 5.92 Å². The Morgan fingerprint density at radius 3 is 2.28 bits per heavy atom. The topological polar surface area (TPSA) is 87.2 Å². The van der Waals surface area contributed by atoms with Gasteiger partial charge in [-0.05, 0) is 57.7 Å². The average molecular weight is 533 g/mol. The Balaban J connectivity index is 1.59. The number of nitrogens with zero attached hydrogens (tertiary/aromatic N) is 2. The Hall–Kier alpha value is -1.85. The van der Waals surface area contributed by atoms with E-state index in [2.05, 4.69) is 18.7 Å². The summed E-state index contributed by atoms with van der Waals surface area (Å²) in [6.07, 6.45) is -2.71. The second kappa shape index (κ2) is 10.5. The molecule has 0 amide bonds. The lowest BCUT2D eigenvalue weighted by atomic mass is 10.1. The number of ether oxygens (including phenoxy) is 1. The van der Waals surface area contributed by atoms with Crippen LogP contribution < -0.4 is 4.90 Å². The summed E-state index contributed by atoms with van der Waals surface area (Å²) in [7, 11) is -4.44. The number of carbonyl (C=O) groups is 1. The molecule has 4 rings (SSSR count). The van der Waals surface area contributed by atoms with Crippen LogP contribution in [0.2, 0.25) is 0 Å². The largest absolute Gasteiger partial charge is 0.481 e. The molecule has 11 heteroatoms. The summed E-state index contributed by atoms with van der Waals surface area (Å²) >= 11 is 0. The first kappa shape index (κ1) is 27.2. The van der Waals surface area contributed by atoms with E-state index in [1.165, 1.54) is 6.07 Å². The van der Waals surface area contributed by atoms with Crippen LogP contribution in [0.1, 0.15) is 57.9 Å². The lowest BCUT2D eigenvalue weighted by molar-refractivity contribution is -0.147. The second-order valence-corrected chi connectivity index (χ2v) is 12.7. The Labute approximate surface area is 210 Å². The second-order valence-electron chi connectivity index (χ2n) is 10.5. The molecule has 1 saturated heterocycles. The number of carboxylic acids is 1. The predicted molar refractivity (Wildman–Crippen MR) is 129 cm³/mol. The van der Waals surface area contributed by atoms with E-state index in [-0.39, 0.29) is 18.9 Å². The van der Waals surface area contributed by atoms with E-state index in [1.54, 1.807) is 0 Å². The third-order valence-corrected chi connectivity index (χ3v) is 10.1. The summed E-state index contributed by atoms with van der Waals surface area (Å²) < 4.78 is 75.3. The van der Waals surface area contributed by atoms with Gasteiger partial charge in [0.2, 0.25) is 0 Å². The SMILES string of the molecule is CC(C)N1CCN(c2ccc(S(=O)(=O)[C@H]3C[C@@H](OC4CCCC4)[C@H](C(=O)O)C3)c(C(F)(F)F)c2)CC1. The van der Waals surface area contributed by atoms with Gasteiger partial charge < -0.3 is 14.7 Å². The summed E-state index contributed by atoms with van der Waals surface area (Å²) in [5, 5.41) is 8.42. The maximum atomic E-state index is 14.1. The molecule has 1 N–H and O–H groups in total. The Morgan fingerprint density at radius 2 is 1.72 bits per heavy atom. The van der Waals surface area contributed by atoms with Crippen molar-refractivity contribution in [3.05, 3.63) is 23.8 Å². The number of anilines is 1. The number of sulfone groups is 1. The van der Waals surface area contributed by atoms with Crippen molar-refractivity contribution in [3.63, 3.8) is 0 Å². The van der Waals surface area contributed by atoms with Crippen LogP contribution in [-0.4, -0.2) is 74.1 Å². The highest BCUT2D eigenvalue weighted by Crippen LogP contribution is 2.43. The van der Waals surface area contributed by atoms with Crippen molar-refractivity contribution in [1.82, 2.24) is 4.90 Å². The van der Waals surface area contributed by atoms with Gasteiger partial charge in [-0.15, -0.1) is 0 Å². The molecule has 1 aliphatic heterocycles. The third kappa shape index (κ3) is 5.67. The van der Waals surface area contributed by atoms with E-state index >= 15 is 0 Å². The molecule has 0 spiro atoms. The highest BCUT2D eigenvalue weighted by molar-refractivity contribution is 7.92. The summed E-state index contributed by atoms with van der Waals surface area (Å²) in [5.74, 6) is -2.24. The van der Waals surface area contributed by atoms with Crippen molar-refractivity contribution in [2.45, 2.75) is 86.9 Å². The van der Waals surface area contributed by atoms with Crippen LogP contribution in [0.25, 0.3) is 0 Å². The summed E-state index contributed by atoms with van der Waals surface area (Å²) in [6, 6.07) is 3.74. The number of aliphatic carboxylic acids is 1. The van der Waals surface area contributed by atoms with E-state index in [9.17, 15) is 31.5 Å². The van der Waals surface area contributed by atoms with Crippen molar-refractivity contribution < 1.29 is 36.2 Å². The Kier molecular flexibility index (Phi) is 7.92. The number of benzene rings is 1. The van der Waals surface area contributed by atoms with E-state index < -0.39 is 49.7 Å².